The predicted molar refractivity (Wildman–Crippen MR) is 120 cm³/mol. The molecule has 1 aromatic heterocycles. The third-order valence-electron chi connectivity index (χ3n) is 4.82. The highest BCUT2D eigenvalue weighted by molar-refractivity contribution is 7.22. The topological polar surface area (TPSA) is 36.4 Å². The van der Waals surface area contributed by atoms with Crippen LogP contribution in [0.1, 0.15) is 35.3 Å². The lowest BCUT2D eigenvalue weighted by atomic mass is 10.1. The zero-order valence-electron chi connectivity index (χ0n) is 16.8. The highest BCUT2D eigenvalue weighted by Crippen LogP contribution is 2.31. The van der Waals surface area contributed by atoms with Crippen LogP contribution in [0.4, 0.5) is 5.13 Å². The summed E-state index contributed by atoms with van der Waals surface area (Å²) in [6.45, 7) is 11.6. The van der Waals surface area contributed by atoms with Crippen molar-refractivity contribution in [3.8, 4) is 0 Å². The van der Waals surface area contributed by atoms with Crippen LogP contribution >= 0.6 is 22.9 Å². The third kappa shape index (κ3) is 4.72. The summed E-state index contributed by atoms with van der Waals surface area (Å²) in [5.74, 6) is -0.0101. The average molecular weight is 416 g/mol. The molecule has 0 saturated carbocycles. The number of nitrogens with zero attached hydrogens (tertiary/aromatic N) is 3. The summed E-state index contributed by atoms with van der Waals surface area (Å²) >= 11 is 7.64. The molecule has 28 heavy (non-hydrogen) atoms. The van der Waals surface area contributed by atoms with Crippen LogP contribution in [0.2, 0.25) is 5.02 Å². The van der Waals surface area contributed by atoms with Crippen molar-refractivity contribution in [1.82, 2.24) is 9.88 Å². The van der Waals surface area contributed by atoms with E-state index in [0.717, 1.165) is 41.0 Å². The number of fused-ring (bicyclic) bond motifs is 1. The molecule has 3 rings (SSSR count). The minimum atomic E-state index is -0.0101. The summed E-state index contributed by atoms with van der Waals surface area (Å²) in [5, 5.41) is 1.40. The quantitative estimate of drug-likeness (QED) is 0.507. The molecular formula is C22H26ClN3OS. The Labute approximate surface area is 175 Å². The fourth-order valence-corrected chi connectivity index (χ4v) is 4.59. The van der Waals surface area contributed by atoms with Gasteiger partial charge in [0.1, 0.15) is 0 Å². The maximum Gasteiger partial charge on any atom is 0.260 e. The largest absolute Gasteiger partial charge is 0.302 e. The van der Waals surface area contributed by atoms with Gasteiger partial charge in [0.15, 0.2) is 5.13 Å². The van der Waals surface area contributed by atoms with Gasteiger partial charge >= 0.3 is 0 Å². The zero-order valence-corrected chi connectivity index (χ0v) is 18.4. The van der Waals surface area contributed by atoms with Crippen LogP contribution in [-0.4, -0.2) is 42.0 Å². The summed E-state index contributed by atoms with van der Waals surface area (Å²) in [4.78, 5) is 22.3. The Morgan fingerprint density at radius 2 is 1.71 bits per heavy atom. The Bertz CT molecular complexity index is 961. The van der Waals surface area contributed by atoms with E-state index in [9.17, 15) is 4.79 Å². The van der Waals surface area contributed by atoms with Crippen LogP contribution in [0.5, 0.6) is 0 Å². The van der Waals surface area contributed by atoms with Crippen molar-refractivity contribution in [3.05, 3.63) is 58.1 Å². The minimum Gasteiger partial charge on any atom is -0.302 e. The molecule has 0 atom stereocenters. The fraction of sp³-hybridized carbons (Fsp3) is 0.364. The molecule has 0 aliphatic rings. The summed E-state index contributed by atoms with van der Waals surface area (Å²) in [7, 11) is 0. The predicted octanol–water partition coefficient (Wildman–Crippen LogP) is 5.56. The molecule has 0 aliphatic heterocycles. The molecule has 2 aromatic carbocycles. The first-order chi connectivity index (χ1) is 13.4. The van der Waals surface area contributed by atoms with Crippen LogP contribution in [0, 0.1) is 13.8 Å². The van der Waals surface area contributed by atoms with Gasteiger partial charge in [-0.25, -0.2) is 4.98 Å². The standard InChI is InChI=1S/C22H26ClN3OS/c1-5-25(6-2)9-10-26(21(27)17-12-15(3)11-16(4)13-17)22-24-19-8-7-18(23)14-20(19)28-22/h7-8,11-14H,5-6,9-10H2,1-4H3. The summed E-state index contributed by atoms with van der Waals surface area (Å²) in [6, 6.07) is 11.6. The number of rotatable bonds is 7. The third-order valence-corrected chi connectivity index (χ3v) is 6.09. The molecule has 0 spiro atoms. The van der Waals surface area contributed by atoms with Gasteiger partial charge in [-0.1, -0.05) is 54.0 Å². The van der Waals surface area contributed by atoms with Gasteiger partial charge in [0.25, 0.3) is 5.91 Å². The second-order valence-corrected chi connectivity index (χ2v) is 8.41. The molecule has 148 valence electrons. The van der Waals surface area contributed by atoms with Gasteiger partial charge in [-0.3, -0.25) is 9.69 Å². The zero-order chi connectivity index (χ0) is 20.3. The number of aromatic nitrogens is 1. The minimum absolute atomic E-state index is 0.0101. The smallest absolute Gasteiger partial charge is 0.260 e. The molecule has 0 saturated heterocycles. The number of carbonyl (C=O) groups excluding carboxylic acids is 1. The molecule has 3 aromatic rings. The van der Waals surface area contributed by atoms with Gasteiger partial charge in [-0.2, -0.15) is 0 Å². The second kappa shape index (κ2) is 9.03. The molecule has 0 aliphatic carbocycles. The monoisotopic (exact) mass is 415 g/mol. The highest BCUT2D eigenvalue weighted by Gasteiger charge is 2.22. The maximum atomic E-state index is 13.4. The SMILES string of the molecule is CCN(CC)CCN(C(=O)c1cc(C)cc(C)c1)c1nc2ccc(Cl)cc2s1. The number of benzene rings is 2. The van der Waals surface area contributed by atoms with Crippen molar-refractivity contribution in [3.63, 3.8) is 0 Å². The van der Waals surface area contributed by atoms with Crippen LogP contribution < -0.4 is 4.90 Å². The molecule has 1 amide bonds. The fourth-order valence-electron chi connectivity index (χ4n) is 3.32. The maximum absolute atomic E-state index is 13.4. The van der Waals surface area contributed by atoms with E-state index in [0.29, 0.717) is 22.3 Å². The number of hydrogen-bond acceptors (Lipinski definition) is 4. The number of aryl methyl sites for hydroxylation is 2. The lowest BCUT2D eigenvalue weighted by Gasteiger charge is -2.25. The van der Waals surface area contributed by atoms with E-state index in [4.69, 9.17) is 16.6 Å². The first-order valence-electron chi connectivity index (χ1n) is 9.59. The molecule has 4 nitrogen and oxygen atoms in total. The van der Waals surface area contributed by atoms with Crippen molar-refractivity contribution in [2.45, 2.75) is 27.7 Å². The number of thiazole rings is 1. The van der Waals surface area contributed by atoms with E-state index < -0.39 is 0 Å². The van der Waals surface area contributed by atoms with E-state index in [1.54, 1.807) is 0 Å². The van der Waals surface area contributed by atoms with Gasteiger partial charge in [0.2, 0.25) is 0 Å². The Morgan fingerprint density at radius 3 is 2.36 bits per heavy atom. The molecule has 0 bridgehead atoms. The highest BCUT2D eigenvalue weighted by atomic mass is 35.5. The number of anilines is 1. The van der Waals surface area contributed by atoms with Gasteiger partial charge in [0.05, 0.1) is 10.2 Å². The van der Waals surface area contributed by atoms with Crippen molar-refractivity contribution in [2.75, 3.05) is 31.1 Å². The molecule has 0 radical (unpaired) electrons. The number of hydrogen-bond donors (Lipinski definition) is 0. The van der Waals surface area contributed by atoms with Gasteiger partial charge < -0.3 is 4.90 Å². The Morgan fingerprint density at radius 1 is 1.04 bits per heavy atom. The summed E-state index contributed by atoms with van der Waals surface area (Å²) < 4.78 is 0.989. The molecule has 0 fully saturated rings. The van der Waals surface area contributed by atoms with E-state index in [-0.39, 0.29) is 5.91 Å². The number of amides is 1. The van der Waals surface area contributed by atoms with Crippen LogP contribution in [0.25, 0.3) is 10.2 Å². The van der Waals surface area contributed by atoms with Crippen molar-refractivity contribution < 1.29 is 4.79 Å². The van der Waals surface area contributed by atoms with Crippen molar-refractivity contribution >= 4 is 44.2 Å². The van der Waals surface area contributed by atoms with Crippen LogP contribution in [0.15, 0.2) is 36.4 Å². The molecule has 6 heteroatoms. The lowest BCUT2D eigenvalue weighted by molar-refractivity contribution is 0.0983. The Hall–Kier alpha value is -1.95. The van der Waals surface area contributed by atoms with E-state index in [1.165, 1.54) is 11.3 Å². The van der Waals surface area contributed by atoms with E-state index in [1.807, 2.05) is 49.1 Å². The van der Waals surface area contributed by atoms with Crippen molar-refractivity contribution in [2.24, 2.45) is 0 Å². The Balaban J connectivity index is 1.98. The average Bonchev–Trinajstić information content (AvgIpc) is 3.06. The van der Waals surface area contributed by atoms with E-state index >= 15 is 0 Å². The van der Waals surface area contributed by atoms with Crippen molar-refractivity contribution in [1.29, 1.82) is 0 Å². The second-order valence-electron chi connectivity index (χ2n) is 6.97. The molecule has 0 unspecified atom stereocenters. The lowest BCUT2D eigenvalue weighted by Crippen LogP contribution is -2.39. The van der Waals surface area contributed by atoms with Gasteiger partial charge in [-0.15, -0.1) is 0 Å². The molecular weight excluding hydrogens is 390 g/mol. The van der Waals surface area contributed by atoms with Gasteiger partial charge in [0, 0.05) is 23.7 Å². The first kappa shape index (κ1) is 20.8. The number of likely N-dealkylation sites (N-methyl/N-ethyl adjacent to an activating group) is 1. The summed E-state index contributed by atoms with van der Waals surface area (Å²) in [6.07, 6.45) is 0. The number of halogens is 1. The summed E-state index contributed by atoms with van der Waals surface area (Å²) in [5.41, 5.74) is 3.74. The Kier molecular flexibility index (Phi) is 6.70. The molecule has 0 N–H and O–H groups in total. The van der Waals surface area contributed by atoms with E-state index in [2.05, 4.69) is 24.8 Å². The first-order valence-corrected chi connectivity index (χ1v) is 10.8. The number of carbonyl (C=O) groups is 1. The van der Waals surface area contributed by atoms with Gasteiger partial charge in [-0.05, 0) is 57.3 Å². The van der Waals surface area contributed by atoms with Crippen LogP contribution in [0.3, 0.4) is 0 Å². The van der Waals surface area contributed by atoms with Crippen LogP contribution in [-0.2, 0) is 0 Å². The molecule has 1 heterocycles. The normalized spacial score (nSPS) is 11.4.